The molecule has 1 unspecified atom stereocenters. The lowest BCUT2D eigenvalue weighted by Crippen LogP contribution is -2.63. The van der Waals surface area contributed by atoms with E-state index in [-0.39, 0.29) is 0 Å². The number of halogens is 1. The molecule has 3 heteroatoms. The maximum absolute atomic E-state index is 5.97. The third-order valence-corrected chi connectivity index (χ3v) is 5.62. The van der Waals surface area contributed by atoms with Crippen molar-refractivity contribution >= 4 is 11.6 Å². The first-order valence-electron chi connectivity index (χ1n) is 8.44. The molecule has 1 aliphatic carbocycles. The van der Waals surface area contributed by atoms with Crippen LogP contribution in [-0.2, 0) is 6.42 Å². The van der Waals surface area contributed by atoms with Crippen LogP contribution in [0.4, 0.5) is 0 Å². The van der Waals surface area contributed by atoms with Crippen LogP contribution in [0.2, 0.25) is 5.02 Å². The first kappa shape index (κ1) is 15.3. The molecular weight excluding hydrogens is 280 g/mol. The smallest absolute Gasteiger partial charge is 0.0406 e. The van der Waals surface area contributed by atoms with E-state index < -0.39 is 0 Å². The van der Waals surface area contributed by atoms with Crippen LogP contribution in [0.15, 0.2) is 24.3 Å². The Labute approximate surface area is 133 Å². The Morgan fingerprint density at radius 1 is 1.24 bits per heavy atom. The van der Waals surface area contributed by atoms with Gasteiger partial charge in [0.15, 0.2) is 0 Å². The zero-order valence-electron chi connectivity index (χ0n) is 13.1. The minimum absolute atomic E-state index is 0.422. The van der Waals surface area contributed by atoms with Gasteiger partial charge in [0, 0.05) is 36.2 Å². The second kappa shape index (κ2) is 6.68. The van der Waals surface area contributed by atoms with Crippen molar-refractivity contribution in [3.8, 4) is 0 Å². The highest BCUT2D eigenvalue weighted by molar-refractivity contribution is 6.30. The van der Waals surface area contributed by atoms with Gasteiger partial charge in [-0.15, -0.1) is 0 Å². The van der Waals surface area contributed by atoms with E-state index >= 15 is 0 Å². The molecule has 0 bridgehead atoms. The van der Waals surface area contributed by atoms with Gasteiger partial charge in [-0.25, -0.2) is 0 Å². The maximum atomic E-state index is 5.97. The molecule has 1 saturated carbocycles. The van der Waals surface area contributed by atoms with E-state index in [1.54, 1.807) is 0 Å². The van der Waals surface area contributed by atoms with Crippen LogP contribution in [0.5, 0.6) is 0 Å². The predicted molar refractivity (Wildman–Crippen MR) is 90.0 cm³/mol. The van der Waals surface area contributed by atoms with Crippen LogP contribution in [0.1, 0.15) is 44.6 Å². The number of nitrogens with zero attached hydrogens (tertiary/aromatic N) is 1. The largest absolute Gasteiger partial charge is 0.308 e. The molecule has 2 aliphatic rings. The molecule has 0 aromatic heterocycles. The van der Waals surface area contributed by atoms with E-state index in [0.717, 1.165) is 18.0 Å². The van der Waals surface area contributed by atoms with Crippen molar-refractivity contribution in [3.63, 3.8) is 0 Å². The highest BCUT2D eigenvalue weighted by Crippen LogP contribution is 2.33. The average Bonchev–Trinajstić information content (AvgIpc) is 2.95. The summed E-state index contributed by atoms with van der Waals surface area (Å²) in [5, 5.41) is 4.70. The predicted octanol–water partition coefficient (Wildman–Crippen LogP) is 3.88. The Hall–Kier alpha value is -0.570. The second-order valence-corrected chi connectivity index (χ2v) is 7.21. The van der Waals surface area contributed by atoms with E-state index in [2.05, 4.69) is 29.3 Å². The van der Waals surface area contributed by atoms with E-state index in [9.17, 15) is 0 Å². The van der Waals surface area contributed by atoms with Crippen LogP contribution >= 0.6 is 11.6 Å². The van der Waals surface area contributed by atoms with E-state index in [1.807, 2.05) is 12.1 Å². The molecule has 1 atom stereocenters. The van der Waals surface area contributed by atoms with Crippen LogP contribution < -0.4 is 5.32 Å². The van der Waals surface area contributed by atoms with Gasteiger partial charge in [-0.3, -0.25) is 4.90 Å². The monoisotopic (exact) mass is 306 g/mol. The van der Waals surface area contributed by atoms with Gasteiger partial charge in [-0.2, -0.15) is 0 Å². The molecule has 0 radical (unpaired) electrons. The molecule has 1 spiro atoms. The Kier molecular flexibility index (Phi) is 4.88. The van der Waals surface area contributed by atoms with Crippen molar-refractivity contribution in [2.75, 3.05) is 19.6 Å². The van der Waals surface area contributed by atoms with E-state index in [0.29, 0.717) is 11.6 Å². The first-order chi connectivity index (χ1) is 10.2. The number of piperazine rings is 1. The molecule has 1 aromatic rings. The fourth-order valence-electron chi connectivity index (χ4n) is 4.01. The maximum Gasteiger partial charge on any atom is 0.0406 e. The number of benzene rings is 1. The van der Waals surface area contributed by atoms with E-state index in [1.165, 1.54) is 50.8 Å². The number of hydrogen-bond acceptors (Lipinski definition) is 2. The summed E-state index contributed by atoms with van der Waals surface area (Å²) >= 11 is 5.97. The van der Waals surface area contributed by atoms with Crippen LogP contribution in [0.3, 0.4) is 0 Å². The molecule has 1 heterocycles. The zero-order valence-corrected chi connectivity index (χ0v) is 13.8. The molecule has 1 saturated heterocycles. The van der Waals surface area contributed by atoms with Gasteiger partial charge < -0.3 is 5.32 Å². The first-order valence-corrected chi connectivity index (χ1v) is 8.82. The third-order valence-electron chi connectivity index (χ3n) is 5.37. The number of nitrogens with one attached hydrogen (secondary N) is 1. The highest BCUT2D eigenvalue weighted by Gasteiger charge is 2.40. The summed E-state index contributed by atoms with van der Waals surface area (Å²) in [5.41, 5.74) is 1.82. The summed E-state index contributed by atoms with van der Waals surface area (Å²) in [4.78, 5) is 2.73. The molecule has 21 heavy (non-hydrogen) atoms. The Morgan fingerprint density at radius 3 is 2.62 bits per heavy atom. The minimum Gasteiger partial charge on any atom is -0.308 e. The Balaban J connectivity index is 1.61. The summed E-state index contributed by atoms with van der Waals surface area (Å²) in [6, 6.07) is 9.03. The third kappa shape index (κ3) is 3.61. The number of hydrogen-bond donors (Lipinski definition) is 1. The SMILES string of the molecule is CCC1CNC2(CCCC2)CN1CCc1ccc(Cl)cc1. The van der Waals surface area contributed by atoms with Gasteiger partial charge in [0.25, 0.3) is 0 Å². The standard InChI is InChI=1S/C18H27ClN2/c1-2-17-13-20-18(10-3-4-11-18)14-21(17)12-9-15-5-7-16(19)8-6-15/h5-8,17,20H,2-4,9-14H2,1H3. The summed E-state index contributed by atoms with van der Waals surface area (Å²) < 4.78 is 0. The normalized spacial score (nSPS) is 25.5. The number of rotatable bonds is 4. The summed E-state index contributed by atoms with van der Waals surface area (Å²) in [6.07, 6.45) is 7.89. The second-order valence-electron chi connectivity index (χ2n) is 6.78. The topological polar surface area (TPSA) is 15.3 Å². The highest BCUT2D eigenvalue weighted by atomic mass is 35.5. The Bertz CT molecular complexity index is 451. The molecule has 116 valence electrons. The van der Waals surface area contributed by atoms with Gasteiger partial charge in [0.05, 0.1) is 0 Å². The van der Waals surface area contributed by atoms with Crippen LogP contribution in [0, 0.1) is 0 Å². The fourth-order valence-corrected chi connectivity index (χ4v) is 4.14. The molecular formula is C18H27ClN2. The molecule has 1 aliphatic heterocycles. The zero-order chi connectivity index (χ0) is 14.7. The lowest BCUT2D eigenvalue weighted by atomic mass is 9.91. The van der Waals surface area contributed by atoms with Crippen molar-refractivity contribution in [2.45, 2.75) is 57.0 Å². The summed E-state index contributed by atoms with van der Waals surface area (Å²) in [6.45, 7) is 5.88. The fraction of sp³-hybridized carbons (Fsp3) is 0.667. The van der Waals surface area contributed by atoms with Crippen LogP contribution in [-0.4, -0.2) is 36.1 Å². The van der Waals surface area contributed by atoms with E-state index in [4.69, 9.17) is 11.6 Å². The van der Waals surface area contributed by atoms with Gasteiger partial charge in [-0.1, -0.05) is 43.5 Å². The molecule has 1 aromatic carbocycles. The minimum atomic E-state index is 0.422. The summed E-state index contributed by atoms with van der Waals surface area (Å²) in [5.74, 6) is 0. The lowest BCUT2D eigenvalue weighted by molar-refractivity contribution is 0.0794. The lowest BCUT2D eigenvalue weighted by Gasteiger charge is -2.46. The average molecular weight is 307 g/mol. The van der Waals surface area contributed by atoms with Crippen molar-refractivity contribution in [1.29, 1.82) is 0 Å². The van der Waals surface area contributed by atoms with Gasteiger partial charge in [0.2, 0.25) is 0 Å². The van der Waals surface area contributed by atoms with Gasteiger partial charge in [-0.05, 0) is 43.4 Å². The van der Waals surface area contributed by atoms with Crippen molar-refractivity contribution in [2.24, 2.45) is 0 Å². The van der Waals surface area contributed by atoms with Gasteiger partial charge in [0.1, 0.15) is 0 Å². The molecule has 0 amide bonds. The van der Waals surface area contributed by atoms with Crippen LogP contribution in [0.25, 0.3) is 0 Å². The van der Waals surface area contributed by atoms with Crippen molar-refractivity contribution in [1.82, 2.24) is 10.2 Å². The summed E-state index contributed by atoms with van der Waals surface area (Å²) in [7, 11) is 0. The quantitative estimate of drug-likeness (QED) is 0.908. The van der Waals surface area contributed by atoms with Crippen molar-refractivity contribution < 1.29 is 0 Å². The molecule has 3 rings (SSSR count). The molecule has 2 fully saturated rings. The van der Waals surface area contributed by atoms with Crippen molar-refractivity contribution in [3.05, 3.63) is 34.9 Å². The molecule has 1 N–H and O–H groups in total. The van der Waals surface area contributed by atoms with Gasteiger partial charge >= 0.3 is 0 Å². The molecule has 2 nitrogen and oxygen atoms in total. The Morgan fingerprint density at radius 2 is 1.95 bits per heavy atom.